The van der Waals surface area contributed by atoms with Gasteiger partial charge < -0.3 is 9.88 Å². The monoisotopic (exact) mass is 335 g/mol. The van der Waals surface area contributed by atoms with Crippen LogP contribution >= 0.6 is 11.3 Å². The molecule has 2 rings (SSSR count). The summed E-state index contributed by atoms with van der Waals surface area (Å²) in [6, 6.07) is 0. The molecule has 0 aliphatic heterocycles. The molecule has 126 valence electrons. The van der Waals surface area contributed by atoms with Crippen molar-refractivity contribution in [3.8, 4) is 0 Å². The van der Waals surface area contributed by atoms with Crippen molar-refractivity contribution in [2.24, 2.45) is 11.8 Å². The molecule has 0 saturated heterocycles. The van der Waals surface area contributed by atoms with Gasteiger partial charge in [-0.1, -0.05) is 27.7 Å². The second kappa shape index (κ2) is 6.83. The first-order chi connectivity index (χ1) is 10.7. The third-order valence-corrected chi connectivity index (χ3v) is 4.75. The molecule has 0 bridgehead atoms. The molecule has 1 N–H and O–H groups in total. The molecule has 23 heavy (non-hydrogen) atoms. The van der Waals surface area contributed by atoms with E-state index in [2.05, 4.69) is 37.7 Å². The Morgan fingerprint density at radius 2 is 1.74 bits per heavy atom. The van der Waals surface area contributed by atoms with Crippen molar-refractivity contribution in [3.05, 3.63) is 26.6 Å². The minimum atomic E-state index is -0.167. The quantitative estimate of drug-likeness (QED) is 0.911. The number of carbonyl (C=O) groups excluding carboxylic acids is 1. The maximum atomic E-state index is 13.0. The molecule has 0 radical (unpaired) electrons. The summed E-state index contributed by atoms with van der Waals surface area (Å²) >= 11 is 1.32. The fraction of sp³-hybridized carbons (Fsp3) is 0.588. The summed E-state index contributed by atoms with van der Waals surface area (Å²) in [5.41, 5.74) is 0.570. The molecule has 6 heteroatoms. The summed E-state index contributed by atoms with van der Waals surface area (Å²) in [6.45, 7) is 13.4. The van der Waals surface area contributed by atoms with Crippen LogP contribution in [0.4, 0.5) is 0 Å². The van der Waals surface area contributed by atoms with Crippen LogP contribution in [0.25, 0.3) is 10.2 Å². The molecule has 2 aromatic heterocycles. The van der Waals surface area contributed by atoms with Crippen LogP contribution in [0, 0.1) is 25.7 Å². The first-order valence-electron chi connectivity index (χ1n) is 8.00. The van der Waals surface area contributed by atoms with Crippen molar-refractivity contribution in [1.82, 2.24) is 14.9 Å². The Morgan fingerprint density at radius 3 is 2.26 bits per heavy atom. The molecular formula is C17H25N3O2S. The van der Waals surface area contributed by atoms with E-state index in [0.29, 0.717) is 45.8 Å². The number of aromatic amines is 1. The van der Waals surface area contributed by atoms with Crippen molar-refractivity contribution in [2.45, 2.75) is 41.5 Å². The van der Waals surface area contributed by atoms with Crippen LogP contribution in [0.3, 0.4) is 0 Å². The molecule has 2 heterocycles. The summed E-state index contributed by atoms with van der Waals surface area (Å²) in [5.74, 6) is 1.38. The molecule has 2 aromatic rings. The number of rotatable bonds is 5. The number of nitrogens with one attached hydrogen (secondary N) is 1. The second-order valence-electron chi connectivity index (χ2n) is 6.89. The Hall–Kier alpha value is -1.69. The number of carbonyl (C=O) groups is 1. The molecule has 0 fully saturated rings. The van der Waals surface area contributed by atoms with Gasteiger partial charge in [0.25, 0.3) is 11.5 Å². The smallest absolute Gasteiger partial charge is 0.264 e. The van der Waals surface area contributed by atoms with Crippen LogP contribution in [-0.4, -0.2) is 33.9 Å². The van der Waals surface area contributed by atoms with Crippen molar-refractivity contribution >= 4 is 27.5 Å². The third kappa shape index (κ3) is 3.80. The molecule has 0 spiro atoms. The fourth-order valence-corrected chi connectivity index (χ4v) is 3.92. The average molecular weight is 335 g/mol. The predicted octanol–water partition coefficient (Wildman–Crippen LogP) is 3.36. The zero-order valence-corrected chi connectivity index (χ0v) is 15.5. The highest BCUT2D eigenvalue weighted by molar-refractivity contribution is 7.20. The molecule has 0 atom stereocenters. The average Bonchev–Trinajstić information content (AvgIpc) is 2.73. The highest BCUT2D eigenvalue weighted by Crippen LogP contribution is 2.28. The van der Waals surface area contributed by atoms with Gasteiger partial charge in [0, 0.05) is 13.1 Å². The van der Waals surface area contributed by atoms with Gasteiger partial charge in [-0.15, -0.1) is 11.3 Å². The topological polar surface area (TPSA) is 66.1 Å². The van der Waals surface area contributed by atoms with Crippen molar-refractivity contribution in [3.63, 3.8) is 0 Å². The number of aromatic nitrogens is 2. The normalized spacial score (nSPS) is 11.7. The van der Waals surface area contributed by atoms with Gasteiger partial charge in [0.1, 0.15) is 10.7 Å². The van der Waals surface area contributed by atoms with E-state index in [-0.39, 0.29) is 11.5 Å². The van der Waals surface area contributed by atoms with Crippen LogP contribution in [0.15, 0.2) is 4.79 Å². The van der Waals surface area contributed by atoms with Crippen LogP contribution in [0.1, 0.15) is 48.8 Å². The minimum absolute atomic E-state index is 0.00459. The molecule has 0 aromatic carbocycles. The van der Waals surface area contributed by atoms with Crippen LogP contribution in [0.2, 0.25) is 0 Å². The van der Waals surface area contributed by atoms with Gasteiger partial charge in [0.15, 0.2) is 0 Å². The van der Waals surface area contributed by atoms with Gasteiger partial charge >= 0.3 is 0 Å². The Kier molecular flexibility index (Phi) is 5.24. The van der Waals surface area contributed by atoms with Gasteiger partial charge in [0.05, 0.1) is 10.3 Å². The maximum Gasteiger partial charge on any atom is 0.264 e. The van der Waals surface area contributed by atoms with Crippen molar-refractivity contribution < 1.29 is 4.79 Å². The van der Waals surface area contributed by atoms with E-state index < -0.39 is 0 Å². The molecule has 0 aliphatic carbocycles. The van der Waals surface area contributed by atoms with E-state index in [1.165, 1.54) is 11.3 Å². The molecule has 5 nitrogen and oxygen atoms in total. The lowest BCUT2D eigenvalue weighted by Crippen LogP contribution is -2.36. The van der Waals surface area contributed by atoms with Gasteiger partial charge in [0.2, 0.25) is 0 Å². The van der Waals surface area contributed by atoms with E-state index in [1.807, 2.05) is 11.8 Å². The molecule has 0 saturated carbocycles. The highest BCUT2D eigenvalue weighted by atomic mass is 32.1. The number of H-pyrrole nitrogens is 1. The zero-order chi connectivity index (χ0) is 17.3. The number of amides is 1. The van der Waals surface area contributed by atoms with Crippen molar-refractivity contribution in [1.29, 1.82) is 0 Å². The Balaban J connectivity index is 2.48. The van der Waals surface area contributed by atoms with E-state index in [0.717, 1.165) is 5.56 Å². The maximum absolute atomic E-state index is 13.0. The summed E-state index contributed by atoms with van der Waals surface area (Å²) in [6.07, 6.45) is 0. The Morgan fingerprint density at radius 1 is 1.17 bits per heavy atom. The summed E-state index contributed by atoms with van der Waals surface area (Å²) in [4.78, 5) is 35.4. The Labute approximate surface area is 140 Å². The first-order valence-corrected chi connectivity index (χ1v) is 8.81. The van der Waals surface area contributed by atoms with E-state index in [1.54, 1.807) is 6.92 Å². The number of hydrogen-bond acceptors (Lipinski definition) is 4. The lowest BCUT2D eigenvalue weighted by Gasteiger charge is -2.26. The number of hydrogen-bond donors (Lipinski definition) is 1. The lowest BCUT2D eigenvalue weighted by atomic mass is 10.1. The largest absolute Gasteiger partial charge is 0.337 e. The molecule has 0 aliphatic rings. The highest BCUT2D eigenvalue weighted by Gasteiger charge is 2.24. The predicted molar refractivity (Wildman–Crippen MR) is 95.3 cm³/mol. The SMILES string of the molecule is Cc1nc2sc(C(=O)N(CC(C)C)CC(C)C)c(C)c2c(=O)[nH]1. The van der Waals surface area contributed by atoms with E-state index in [4.69, 9.17) is 0 Å². The Bertz CT molecular complexity index is 764. The fourth-order valence-electron chi connectivity index (χ4n) is 2.72. The second-order valence-corrected chi connectivity index (χ2v) is 7.88. The third-order valence-electron chi connectivity index (χ3n) is 3.57. The number of nitrogens with zero attached hydrogens (tertiary/aromatic N) is 2. The van der Waals surface area contributed by atoms with E-state index in [9.17, 15) is 9.59 Å². The van der Waals surface area contributed by atoms with E-state index >= 15 is 0 Å². The molecular weight excluding hydrogens is 310 g/mol. The summed E-state index contributed by atoms with van der Waals surface area (Å²) in [5, 5.41) is 0.540. The zero-order valence-electron chi connectivity index (χ0n) is 14.7. The standard InChI is InChI=1S/C17H25N3O2S/c1-9(2)7-20(8-10(3)4)17(22)14-11(5)13-15(21)18-12(6)19-16(13)23-14/h9-10H,7-8H2,1-6H3,(H,18,19,21). The number of fused-ring (bicyclic) bond motifs is 1. The summed E-state index contributed by atoms with van der Waals surface area (Å²) in [7, 11) is 0. The van der Waals surface area contributed by atoms with Gasteiger partial charge in [-0.05, 0) is 31.2 Å². The van der Waals surface area contributed by atoms with Gasteiger partial charge in [-0.3, -0.25) is 9.59 Å². The molecule has 1 amide bonds. The van der Waals surface area contributed by atoms with Crippen LogP contribution < -0.4 is 5.56 Å². The number of aryl methyl sites for hydroxylation is 2. The van der Waals surface area contributed by atoms with Gasteiger partial charge in [-0.2, -0.15) is 0 Å². The summed E-state index contributed by atoms with van der Waals surface area (Å²) < 4.78 is 0. The van der Waals surface area contributed by atoms with Crippen LogP contribution in [0.5, 0.6) is 0 Å². The number of thiophene rings is 1. The van der Waals surface area contributed by atoms with Gasteiger partial charge in [-0.25, -0.2) is 4.98 Å². The lowest BCUT2D eigenvalue weighted by molar-refractivity contribution is 0.0719. The van der Waals surface area contributed by atoms with Crippen LogP contribution in [-0.2, 0) is 0 Å². The minimum Gasteiger partial charge on any atom is -0.337 e. The first kappa shape index (κ1) is 17.7. The van der Waals surface area contributed by atoms with Crippen molar-refractivity contribution in [2.75, 3.05) is 13.1 Å². The molecule has 0 unspecified atom stereocenters.